The lowest BCUT2D eigenvalue weighted by Crippen LogP contribution is -2.56. The van der Waals surface area contributed by atoms with E-state index in [1.165, 1.54) is 0 Å². The molecule has 3 aliphatic carbocycles. The van der Waals surface area contributed by atoms with Gasteiger partial charge in [0.1, 0.15) is 16.9 Å². The van der Waals surface area contributed by atoms with Crippen LogP contribution in [0.25, 0.3) is 0 Å². The second kappa shape index (κ2) is 10.7. The average molecular weight is 670 g/mol. The molecule has 0 heterocycles. The summed E-state index contributed by atoms with van der Waals surface area (Å²) >= 11 is 0. The number of aliphatic hydroxyl groups excluding tert-OH is 1. The van der Waals surface area contributed by atoms with Crippen LogP contribution in [0.4, 0.5) is 35.1 Å². The molecule has 0 spiro atoms. The van der Waals surface area contributed by atoms with Crippen molar-refractivity contribution in [3.8, 4) is 0 Å². The number of aliphatic hydroxyl groups is 2. The second-order valence-corrected chi connectivity index (χ2v) is 14.2. The van der Waals surface area contributed by atoms with Crippen LogP contribution >= 0.6 is 0 Å². The third kappa shape index (κ3) is 4.85. The first-order valence-corrected chi connectivity index (χ1v) is 15.3. The van der Waals surface area contributed by atoms with Gasteiger partial charge in [-0.3, -0.25) is 4.79 Å². The molecule has 2 aromatic rings. The fourth-order valence-corrected chi connectivity index (χ4v) is 9.94. The van der Waals surface area contributed by atoms with Gasteiger partial charge in [-0.15, -0.1) is 0 Å². The van der Waals surface area contributed by atoms with Gasteiger partial charge in [0.05, 0.1) is 17.1 Å². The number of sulfone groups is 1. The summed E-state index contributed by atoms with van der Waals surface area (Å²) in [6.45, 7) is -0.601. The molecule has 4 atom stereocenters. The number of rotatable bonds is 7. The summed E-state index contributed by atoms with van der Waals surface area (Å²) in [6, 6.07) is 3.56. The maximum Gasteiger partial charge on any atom is 0.435 e. The lowest BCUT2D eigenvalue weighted by atomic mass is 9.70. The van der Waals surface area contributed by atoms with Crippen LogP contribution in [0.5, 0.6) is 0 Å². The predicted octanol–water partition coefficient (Wildman–Crippen LogP) is 4.18. The lowest BCUT2D eigenvalue weighted by Gasteiger charge is -2.45. The molecule has 3 aliphatic rings. The van der Waals surface area contributed by atoms with E-state index in [9.17, 15) is 59.0 Å². The number of alkyl halides is 7. The number of hydrogen-bond donors (Lipinski definition) is 3. The number of amides is 1. The van der Waals surface area contributed by atoms with Crippen LogP contribution in [0.1, 0.15) is 42.4 Å². The monoisotopic (exact) mass is 669 g/mol. The Morgan fingerprint density at radius 2 is 1.60 bits per heavy atom. The van der Waals surface area contributed by atoms with E-state index in [0.717, 1.165) is 24.3 Å². The fraction of sp³-hybridized carbons (Fsp3) is 0.517. The van der Waals surface area contributed by atoms with Crippen LogP contribution in [0.15, 0.2) is 47.4 Å². The van der Waals surface area contributed by atoms with Gasteiger partial charge < -0.3 is 20.3 Å². The molecule has 0 aromatic heterocycles. The van der Waals surface area contributed by atoms with Gasteiger partial charge in [0.15, 0.2) is 9.84 Å². The molecular weight excluding hydrogens is 642 g/mol. The topological polar surface area (TPSA) is 121 Å². The Hall–Kier alpha value is -3.11. The molecular formula is C29H27F8NO6S. The summed E-state index contributed by atoms with van der Waals surface area (Å²) in [5.74, 6) is -4.84. The third-order valence-corrected chi connectivity index (χ3v) is 12.1. The highest BCUT2D eigenvalue weighted by Crippen LogP contribution is 2.61. The Morgan fingerprint density at radius 3 is 2.13 bits per heavy atom. The van der Waals surface area contributed by atoms with E-state index in [4.69, 9.17) is 0 Å². The quantitative estimate of drug-likeness (QED) is 0.231. The van der Waals surface area contributed by atoms with E-state index in [1.54, 1.807) is 0 Å². The molecule has 246 valence electrons. The van der Waals surface area contributed by atoms with Crippen molar-refractivity contribution < 1.29 is 63.3 Å². The summed E-state index contributed by atoms with van der Waals surface area (Å²) < 4.78 is 137. The van der Waals surface area contributed by atoms with Crippen molar-refractivity contribution in [1.29, 1.82) is 0 Å². The van der Waals surface area contributed by atoms with E-state index in [1.807, 2.05) is 0 Å². The first-order chi connectivity index (χ1) is 20.8. The fourth-order valence-electron chi connectivity index (χ4n) is 7.34. The zero-order valence-corrected chi connectivity index (χ0v) is 23.9. The molecule has 16 heteroatoms. The van der Waals surface area contributed by atoms with E-state index in [0.29, 0.717) is 12.1 Å². The largest absolute Gasteiger partial charge is 0.435 e. The number of benzene rings is 2. The van der Waals surface area contributed by atoms with Crippen LogP contribution in [0.3, 0.4) is 0 Å². The van der Waals surface area contributed by atoms with Gasteiger partial charge in [0, 0.05) is 29.4 Å². The molecule has 7 nitrogen and oxygen atoms in total. The highest BCUT2D eigenvalue weighted by atomic mass is 32.2. The lowest BCUT2D eigenvalue weighted by molar-refractivity contribution is -0.348. The Kier molecular flexibility index (Phi) is 7.93. The van der Waals surface area contributed by atoms with Crippen molar-refractivity contribution in [2.24, 2.45) is 17.8 Å². The number of carbonyl (C=O) groups is 2. The maximum atomic E-state index is 15.0. The van der Waals surface area contributed by atoms with E-state index >= 15 is 4.39 Å². The Bertz CT molecular complexity index is 1590. The van der Waals surface area contributed by atoms with Gasteiger partial charge in [-0.25, -0.2) is 17.2 Å². The molecule has 3 N–H and O–H groups in total. The van der Waals surface area contributed by atoms with E-state index in [-0.39, 0.29) is 55.6 Å². The minimum atomic E-state index is -6.42. The summed E-state index contributed by atoms with van der Waals surface area (Å²) in [5.41, 5.74) is -9.77. The zero-order valence-electron chi connectivity index (χ0n) is 23.1. The molecule has 0 bridgehead atoms. The number of aryl methyl sites for hydroxylation is 1. The Morgan fingerprint density at radius 1 is 1.00 bits per heavy atom. The van der Waals surface area contributed by atoms with Crippen molar-refractivity contribution in [2.75, 3.05) is 6.61 Å². The van der Waals surface area contributed by atoms with E-state index < -0.39 is 90.8 Å². The standard InChI is InChI=1S/C29H27F8NO6S/c30-19-3-5-20(6-4-19)45(43,44)26-18(13-39)10-23(38-24(41)16-11-25(42,12-16)14-40)22(26)7-1-15-9-17(2-8-21(15)26)27(31,28(32,33)34)29(35,36)37/h2-6,8-9,13,16,18,22-23,40,42H,1,7,10-12,14H2,(H,38,41)/t16?,18?,22-,23+,25?,26?/m0/s1. The average Bonchev–Trinajstić information content (AvgIpc) is 3.28. The van der Waals surface area contributed by atoms with Gasteiger partial charge in [-0.2, -0.15) is 26.3 Å². The van der Waals surface area contributed by atoms with Gasteiger partial charge in [-0.1, -0.05) is 18.2 Å². The minimum Gasteiger partial charge on any atom is -0.393 e. The number of carbonyl (C=O) groups excluding carboxylic acids is 2. The number of halogens is 8. The third-order valence-electron chi connectivity index (χ3n) is 9.50. The van der Waals surface area contributed by atoms with Gasteiger partial charge in [0.25, 0.3) is 0 Å². The van der Waals surface area contributed by atoms with Crippen molar-refractivity contribution in [2.45, 2.75) is 71.4 Å². The van der Waals surface area contributed by atoms with Crippen LogP contribution < -0.4 is 5.32 Å². The molecule has 2 unspecified atom stereocenters. The predicted molar refractivity (Wildman–Crippen MR) is 139 cm³/mol. The summed E-state index contributed by atoms with van der Waals surface area (Å²) in [7, 11) is -4.82. The number of fused-ring (bicyclic) bond motifs is 3. The first kappa shape index (κ1) is 33.3. The summed E-state index contributed by atoms with van der Waals surface area (Å²) in [5, 5.41) is 22.1. The Balaban J connectivity index is 1.67. The number of aldehydes is 1. The summed E-state index contributed by atoms with van der Waals surface area (Å²) in [4.78, 5) is 25.2. The molecule has 0 saturated heterocycles. The van der Waals surface area contributed by atoms with Gasteiger partial charge in [-0.05, 0) is 67.5 Å². The second-order valence-electron chi connectivity index (χ2n) is 12.0. The van der Waals surface area contributed by atoms with Gasteiger partial charge >= 0.3 is 18.0 Å². The van der Waals surface area contributed by atoms with Gasteiger partial charge in [0.2, 0.25) is 5.91 Å². The van der Waals surface area contributed by atoms with Crippen LogP contribution in [-0.4, -0.2) is 61.4 Å². The molecule has 45 heavy (non-hydrogen) atoms. The smallest absolute Gasteiger partial charge is 0.393 e. The molecule has 5 rings (SSSR count). The SMILES string of the molecule is O=CC1C[C@@H](NC(=O)C2CC(O)(CO)C2)[C@@H]2CCc3cc(C(F)(C(F)(F)F)C(F)(F)F)ccc3C12S(=O)(=O)c1ccc(F)cc1. The molecule has 0 aliphatic heterocycles. The molecule has 1 amide bonds. The number of hydrogen-bond acceptors (Lipinski definition) is 6. The van der Waals surface area contributed by atoms with Crippen molar-refractivity contribution in [3.05, 3.63) is 65.0 Å². The summed E-state index contributed by atoms with van der Waals surface area (Å²) in [6.07, 6.45) is -13.6. The van der Waals surface area contributed by atoms with E-state index in [2.05, 4.69) is 5.32 Å². The Labute approximate surface area is 251 Å². The highest BCUT2D eigenvalue weighted by molar-refractivity contribution is 7.92. The maximum absolute atomic E-state index is 15.0. The van der Waals surface area contributed by atoms with Crippen molar-refractivity contribution in [3.63, 3.8) is 0 Å². The highest BCUT2D eigenvalue weighted by Gasteiger charge is 2.74. The number of nitrogens with one attached hydrogen (secondary N) is 1. The normalized spacial score (nSPS) is 30.2. The van der Waals surface area contributed by atoms with Crippen molar-refractivity contribution >= 4 is 22.0 Å². The molecule has 2 fully saturated rings. The first-order valence-electron chi connectivity index (χ1n) is 13.8. The molecule has 2 aromatic carbocycles. The van der Waals surface area contributed by atoms with Crippen LogP contribution in [0.2, 0.25) is 0 Å². The zero-order chi connectivity index (χ0) is 33.4. The molecule has 2 saturated carbocycles. The minimum absolute atomic E-state index is 0.0994. The van der Waals surface area contributed by atoms with Crippen molar-refractivity contribution in [1.82, 2.24) is 5.32 Å². The van der Waals surface area contributed by atoms with Crippen LogP contribution in [0, 0.1) is 23.6 Å². The molecule has 0 radical (unpaired) electrons. The van der Waals surface area contributed by atoms with Crippen LogP contribution in [-0.2, 0) is 36.3 Å².